The lowest BCUT2D eigenvalue weighted by Crippen LogP contribution is -2.26. The lowest BCUT2D eigenvalue weighted by molar-refractivity contribution is 0.340. The van der Waals surface area contributed by atoms with Gasteiger partial charge in [0.25, 0.3) is 0 Å². The Hall–Kier alpha value is -1.02. The minimum atomic E-state index is -3.44. The van der Waals surface area contributed by atoms with E-state index < -0.39 is 10.0 Å². The fourth-order valence-corrected chi connectivity index (χ4v) is 4.64. The number of ether oxygens (including phenoxy) is 1. The third kappa shape index (κ3) is 5.31. The van der Waals surface area contributed by atoms with Crippen LogP contribution in [0.3, 0.4) is 0 Å². The number of rotatable bonds is 9. The fraction of sp³-hybridized carbons (Fsp3) is 0.333. The Labute approximate surface area is 140 Å². The van der Waals surface area contributed by atoms with Crippen molar-refractivity contribution in [1.82, 2.24) is 4.72 Å². The quantitative estimate of drug-likeness (QED) is 0.699. The van der Waals surface area contributed by atoms with Gasteiger partial charge in [0.2, 0.25) is 10.0 Å². The van der Waals surface area contributed by atoms with Crippen molar-refractivity contribution in [2.75, 3.05) is 18.9 Å². The van der Waals surface area contributed by atoms with E-state index in [1.807, 2.05) is 18.4 Å². The summed E-state index contributed by atoms with van der Waals surface area (Å²) < 4.78 is 32.2. The van der Waals surface area contributed by atoms with E-state index in [0.29, 0.717) is 18.9 Å². The third-order valence-corrected chi connectivity index (χ3v) is 6.35. The Morgan fingerprint density at radius 3 is 2.64 bits per heavy atom. The van der Waals surface area contributed by atoms with E-state index in [1.54, 1.807) is 47.4 Å². The molecule has 0 saturated carbocycles. The Kier molecular flexibility index (Phi) is 6.75. The second kappa shape index (κ2) is 8.57. The van der Waals surface area contributed by atoms with Gasteiger partial charge in [0.05, 0.1) is 11.5 Å². The molecule has 0 saturated heterocycles. The van der Waals surface area contributed by atoms with Gasteiger partial charge in [0.15, 0.2) is 0 Å². The molecule has 22 heavy (non-hydrogen) atoms. The van der Waals surface area contributed by atoms with Crippen molar-refractivity contribution in [2.24, 2.45) is 0 Å². The summed E-state index contributed by atoms with van der Waals surface area (Å²) >= 11 is 3.44. The summed E-state index contributed by atoms with van der Waals surface area (Å²) in [6.07, 6.45) is 0. The maximum absolute atomic E-state index is 12.1. The van der Waals surface area contributed by atoms with E-state index in [1.165, 1.54) is 4.88 Å². The maximum atomic E-state index is 12.1. The summed E-state index contributed by atoms with van der Waals surface area (Å²) in [7, 11) is -3.44. The van der Waals surface area contributed by atoms with Gasteiger partial charge in [-0.3, -0.25) is 0 Å². The van der Waals surface area contributed by atoms with Crippen molar-refractivity contribution in [3.05, 3.63) is 46.7 Å². The van der Waals surface area contributed by atoms with E-state index in [9.17, 15) is 8.42 Å². The summed E-state index contributed by atoms with van der Waals surface area (Å²) in [6.45, 7) is 2.87. The van der Waals surface area contributed by atoms with Crippen LogP contribution in [0.25, 0.3) is 0 Å². The average molecular weight is 358 g/mol. The van der Waals surface area contributed by atoms with Gasteiger partial charge >= 0.3 is 0 Å². The molecule has 7 heteroatoms. The number of sulfonamides is 1. The lowest BCUT2D eigenvalue weighted by Gasteiger charge is -2.08. The monoisotopic (exact) mass is 357 g/mol. The van der Waals surface area contributed by atoms with Gasteiger partial charge in [-0.25, -0.2) is 13.1 Å². The molecule has 1 N–H and O–H groups in total. The molecule has 0 amide bonds. The zero-order chi connectivity index (χ0) is 15.8. The Morgan fingerprint density at radius 1 is 1.23 bits per heavy atom. The first-order valence-corrected chi connectivity index (χ1v) is 10.5. The number of benzene rings is 1. The van der Waals surface area contributed by atoms with Gasteiger partial charge in [-0.05, 0) is 42.6 Å². The van der Waals surface area contributed by atoms with Gasteiger partial charge < -0.3 is 4.74 Å². The van der Waals surface area contributed by atoms with Crippen molar-refractivity contribution in [2.45, 2.75) is 17.6 Å². The predicted octanol–water partition coefficient (Wildman–Crippen LogP) is 3.36. The van der Waals surface area contributed by atoms with E-state index in [0.717, 1.165) is 11.5 Å². The standard InChI is InChI=1S/C15H19NO3S3/c1-2-19-13-5-7-15(8-6-13)22(17,18)16-9-11-20-12-14-4-3-10-21-14/h3-8,10,16H,2,9,11-12H2,1H3. The second-order valence-electron chi connectivity index (χ2n) is 4.43. The van der Waals surface area contributed by atoms with Crippen LogP contribution in [-0.4, -0.2) is 27.3 Å². The van der Waals surface area contributed by atoms with Crippen molar-refractivity contribution in [3.63, 3.8) is 0 Å². The first kappa shape index (κ1) is 17.3. The van der Waals surface area contributed by atoms with Crippen LogP contribution in [0.2, 0.25) is 0 Å². The van der Waals surface area contributed by atoms with Crippen molar-refractivity contribution < 1.29 is 13.2 Å². The maximum Gasteiger partial charge on any atom is 0.240 e. The van der Waals surface area contributed by atoms with Gasteiger partial charge in [-0.2, -0.15) is 11.8 Å². The highest BCUT2D eigenvalue weighted by atomic mass is 32.2. The number of hydrogen-bond acceptors (Lipinski definition) is 5. The molecule has 4 nitrogen and oxygen atoms in total. The zero-order valence-electron chi connectivity index (χ0n) is 12.3. The Morgan fingerprint density at radius 2 is 2.00 bits per heavy atom. The van der Waals surface area contributed by atoms with Crippen LogP contribution in [0.4, 0.5) is 0 Å². The van der Waals surface area contributed by atoms with Gasteiger partial charge in [-0.15, -0.1) is 11.3 Å². The van der Waals surface area contributed by atoms with Crippen LogP contribution in [0, 0.1) is 0 Å². The van der Waals surface area contributed by atoms with Crippen LogP contribution in [-0.2, 0) is 15.8 Å². The number of nitrogens with one attached hydrogen (secondary N) is 1. The van der Waals surface area contributed by atoms with Crippen molar-refractivity contribution >= 4 is 33.1 Å². The molecule has 2 rings (SSSR count). The molecule has 1 heterocycles. The van der Waals surface area contributed by atoms with E-state index in [4.69, 9.17) is 4.74 Å². The van der Waals surface area contributed by atoms with Crippen LogP contribution in [0.5, 0.6) is 5.75 Å². The normalized spacial score (nSPS) is 11.5. The van der Waals surface area contributed by atoms with Crippen molar-refractivity contribution in [3.8, 4) is 5.75 Å². The Bertz CT molecular complexity index is 652. The molecule has 0 atom stereocenters. The van der Waals surface area contributed by atoms with E-state index >= 15 is 0 Å². The number of thioether (sulfide) groups is 1. The molecule has 2 aromatic rings. The summed E-state index contributed by atoms with van der Waals surface area (Å²) in [6, 6.07) is 10.6. The summed E-state index contributed by atoms with van der Waals surface area (Å²) in [4.78, 5) is 1.57. The summed E-state index contributed by atoms with van der Waals surface area (Å²) in [5.74, 6) is 2.34. The molecule has 1 aromatic carbocycles. The zero-order valence-corrected chi connectivity index (χ0v) is 14.8. The first-order chi connectivity index (χ1) is 10.6. The van der Waals surface area contributed by atoms with E-state index in [-0.39, 0.29) is 4.90 Å². The first-order valence-electron chi connectivity index (χ1n) is 6.94. The minimum Gasteiger partial charge on any atom is -0.494 e. The van der Waals surface area contributed by atoms with Crippen LogP contribution < -0.4 is 9.46 Å². The van der Waals surface area contributed by atoms with Crippen LogP contribution in [0.15, 0.2) is 46.7 Å². The molecule has 0 fully saturated rings. The molecule has 0 unspecified atom stereocenters. The largest absolute Gasteiger partial charge is 0.494 e. The highest BCUT2D eigenvalue weighted by molar-refractivity contribution is 7.98. The fourth-order valence-electron chi connectivity index (χ4n) is 1.78. The molecular weight excluding hydrogens is 338 g/mol. The molecule has 1 aromatic heterocycles. The van der Waals surface area contributed by atoms with Crippen LogP contribution in [0.1, 0.15) is 11.8 Å². The molecule has 0 radical (unpaired) electrons. The molecule has 120 valence electrons. The van der Waals surface area contributed by atoms with E-state index in [2.05, 4.69) is 10.8 Å². The summed E-state index contributed by atoms with van der Waals surface area (Å²) in [5.41, 5.74) is 0. The highest BCUT2D eigenvalue weighted by Crippen LogP contribution is 2.18. The SMILES string of the molecule is CCOc1ccc(S(=O)(=O)NCCSCc2cccs2)cc1. The predicted molar refractivity (Wildman–Crippen MR) is 93.3 cm³/mol. The molecule has 0 spiro atoms. The third-order valence-electron chi connectivity index (χ3n) is 2.81. The van der Waals surface area contributed by atoms with Gasteiger partial charge in [-0.1, -0.05) is 6.07 Å². The smallest absolute Gasteiger partial charge is 0.240 e. The Balaban J connectivity index is 1.77. The molecule has 0 aliphatic heterocycles. The molecule has 0 aliphatic rings. The minimum absolute atomic E-state index is 0.263. The van der Waals surface area contributed by atoms with Gasteiger partial charge in [0.1, 0.15) is 5.75 Å². The molecular formula is C15H19NO3S3. The van der Waals surface area contributed by atoms with Crippen LogP contribution >= 0.6 is 23.1 Å². The lowest BCUT2D eigenvalue weighted by atomic mass is 10.3. The average Bonchev–Trinajstić information content (AvgIpc) is 3.01. The second-order valence-corrected chi connectivity index (χ2v) is 8.34. The highest BCUT2D eigenvalue weighted by Gasteiger charge is 2.13. The topological polar surface area (TPSA) is 55.4 Å². The number of thiophene rings is 1. The molecule has 0 bridgehead atoms. The van der Waals surface area contributed by atoms with Crippen molar-refractivity contribution in [1.29, 1.82) is 0 Å². The number of hydrogen-bond donors (Lipinski definition) is 1. The molecule has 0 aliphatic carbocycles. The summed E-state index contributed by atoms with van der Waals surface area (Å²) in [5, 5.41) is 2.05. The van der Waals surface area contributed by atoms with Gasteiger partial charge in [0, 0.05) is 22.9 Å².